The van der Waals surface area contributed by atoms with Gasteiger partial charge in [0.2, 0.25) is 0 Å². The molecule has 1 fully saturated rings. The summed E-state index contributed by atoms with van der Waals surface area (Å²) in [5, 5.41) is 6.57. The number of fused-ring (bicyclic) bond motifs is 1. The van der Waals surface area contributed by atoms with Crippen molar-refractivity contribution in [1.29, 1.82) is 0 Å². The molecular formula is C16H18ClNO. The lowest BCUT2D eigenvalue weighted by atomic mass is 9.88. The Morgan fingerprint density at radius 3 is 2.63 bits per heavy atom. The zero-order valence-corrected chi connectivity index (χ0v) is 11.8. The van der Waals surface area contributed by atoms with E-state index in [0.29, 0.717) is 5.92 Å². The van der Waals surface area contributed by atoms with E-state index in [1.54, 1.807) is 7.11 Å². The molecule has 3 rings (SSSR count). The number of rotatable bonds is 2. The van der Waals surface area contributed by atoms with Gasteiger partial charge in [0.05, 0.1) is 7.11 Å². The molecule has 0 aliphatic carbocycles. The highest BCUT2D eigenvalue weighted by atomic mass is 35.5. The monoisotopic (exact) mass is 275 g/mol. The van der Waals surface area contributed by atoms with Crippen LogP contribution in [0.1, 0.15) is 24.3 Å². The van der Waals surface area contributed by atoms with Crippen LogP contribution >= 0.6 is 11.6 Å². The topological polar surface area (TPSA) is 21.3 Å². The van der Waals surface area contributed by atoms with E-state index in [0.717, 1.165) is 23.9 Å². The molecule has 2 aromatic carbocycles. The Balaban J connectivity index is 2.10. The molecule has 0 unspecified atom stereocenters. The molecule has 100 valence electrons. The molecule has 0 amide bonds. The molecular weight excluding hydrogens is 258 g/mol. The highest BCUT2D eigenvalue weighted by Gasteiger charge is 2.19. The van der Waals surface area contributed by atoms with E-state index in [2.05, 4.69) is 17.4 Å². The van der Waals surface area contributed by atoms with E-state index in [4.69, 9.17) is 16.3 Å². The fourth-order valence-corrected chi connectivity index (χ4v) is 3.07. The summed E-state index contributed by atoms with van der Waals surface area (Å²) in [5.41, 5.74) is 1.32. The van der Waals surface area contributed by atoms with E-state index in [-0.39, 0.29) is 0 Å². The maximum absolute atomic E-state index is 6.09. The summed E-state index contributed by atoms with van der Waals surface area (Å²) in [5.74, 6) is 1.58. The first kappa shape index (κ1) is 12.8. The van der Waals surface area contributed by atoms with Crippen LogP contribution in [0.2, 0.25) is 5.02 Å². The van der Waals surface area contributed by atoms with E-state index >= 15 is 0 Å². The average Bonchev–Trinajstić information content (AvgIpc) is 2.46. The van der Waals surface area contributed by atoms with Gasteiger partial charge in [0.15, 0.2) is 0 Å². The predicted molar refractivity (Wildman–Crippen MR) is 80.4 cm³/mol. The Morgan fingerprint density at radius 2 is 1.89 bits per heavy atom. The van der Waals surface area contributed by atoms with Crippen LogP contribution in [0.5, 0.6) is 5.75 Å². The van der Waals surface area contributed by atoms with E-state index in [1.165, 1.54) is 29.2 Å². The van der Waals surface area contributed by atoms with Crippen molar-refractivity contribution in [3.63, 3.8) is 0 Å². The maximum atomic E-state index is 6.09. The number of hydrogen-bond acceptors (Lipinski definition) is 2. The molecule has 0 aromatic heterocycles. The van der Waals surface area contributed by atoms with Gasteiger partial charge in [-0.25, -0.2) is 0 Å². The minimum atomic E-state index is 0.583. The first-order valence-electron chi connectivity index (χ1n) is 6.76. The van der Waals surface area contributed by atoms with E-state index in [9.17, 15) is 0 Å². The second kappa shape index (κ2) is 5.40. The quantitative estimate of drug-likeness (QED) is 0.895. The van der Waals surface area contributed by atoms with Crippen LogP contribution in [0, 0.1) is 0 Å². The number of halogens is 1. The summed E-state index contributed by atoms with van der Waals surface area (Å²) < 4.78 is 5.58. The molecule has 0 radical (unpaired) electrons. The van der Waals surface area contributed by atoms with Crippen molar-refractivity contribution in [3.05, 3.63) is 40.9 Å². The van der Waals surface area contributed by atoms with Gasteiger partial charge < -0.3 is 10.1 Å². The molecule has 0 bridgehead atoms. The van der Waals surface area contributed by atoms with Gasteiger partial charge in [0.25, 0.3) is 0 Å². The molecule has 1 N–H and O–H groups in total. The van der Waals surface area contributed by atoms with Crippen LogP contribution in [0.25, 0.3) is 10.8 Å². The van der Waals surface area contributed by atoms with Crippen LogP contribution in [0.4, 0.5) is 0 Å². The van der Waals surface area contributed by atoms with Crippen LogP contribution in [-0.4, -0.2) is 20.2 Å². The number of ether oxygens (including phenoxy) is 1. The molecule has 1 saturated heterocycles. The Kier molecular flexibility index (Phi) is 3.63. The van der Waals surface area contributed by atoms with Crippen LogP contribution < -0.4 is 10.1 Å². The van der Waals surface area contributed by atoms with Gasteiger partial charge in [-0.3, -0.25) is 0 Å². The normalized spacial score (nSPS) is 16.7. The summed E-state index contributed by atoms with van der Waals surface area (Å²) in [6, 6.07) is 10.4. The van der Waals surface area contributed by atoms with Crippen molar-refractivity contribution in [1.82, 2.24) is 5.32 Å². The Bertz CT molecular complexity index is 591. The molecule has 19 heavy (non-hydrogen) atoms. The number of benzene rings is 2. The van der Waals surface area contributed by atoms with E-state index in [1.807, 2.05) is 18.2 Å². The van der Waals surface area contributed by atoms with Crippen molar-refractivity contribution in [2.45, 2.75) is 18.8 Å². The molecule has 1 aliphatic rings. The van der Waals surface area contributed by atoms with Crippen molar-refractivity contribution in [2.24, 2.45) is 0 Å². The lowest BCUT2D eigenvalue weighted by Crippen LogP contribution is -2.26. The van der Waals surface area contributed by atoms with Gasteiger partial charge in [-0.15, -0.1) is 0 Å². The van der Waals surface area contributed by atoms with E-state index < -0.39 is 0 Å². The highest BCUT2D eigenvalue weighted by molar-refractivity contribution is 6.31. The third-order valence-corrected chi connectivity index (χ3v) is 4.16. The van der Waals surface area contributed by atoms with Crippen LogP contribution in [-0.2, 0) is 0 Å². The molecule has 1 aliphatic heterocycles. The van der Waals surface area contributed by atoms with Crippen molar-refractivity contribution in [3.8, 4) is 5.75 Å². The highest BCUT2D eigenvalue weighted by Crippen LogP contribution is 2.36. The zero-order chi connectivity index (χ0) is 13.2. The smallest absolute Gasteiger partial charge is 0.122 e. The first-order chi connectivity index (χ1) is 9.28. The third-order valence-electron chi connectivity index (χ3n) is 3.93. The standard InChI is InChI=1S/C16H18ClNO/c1-19-16-10-12-2-3-14(17)8-13(12)9-15(16)11-4-6-18-7-5-11/h2-3,8-11,18H,4-7H2,1H3. The lowest BCUT2D eigenvalue weighted by molar-refractivity contribution is 0.392. The predicted octanol–water partition coefficient (Wildman–Crippen LogP) is 3.97. The Morgan fingerprint density at radius 1 is 1.11 bits per heavy atom. The van der Waals surface area contributed by atoms with Gasteiger partial charge >= 0.3 is 0 Å². The number of nitrogens with one attached hydrogen (secondary N) is 1. The maximum Gasteiger partial charge on any atom is 0.122 e. The molecule has 2 aromatic rings. The molecule has 0 atom stereocenters. The van der Waals surface area contributed by atoms with Crippen molar-refractivity contribution >= 4 is 22.4 Å². The summed E-state index contributed by atoms with van der Waals surface area (Å²) >= 11 is 6.09. The first-order valence-corrected chi connectivity index (χ1v) is 7.13. The molecule has 3 heteroatoms. The molecule has 0 spiro atoms. The van der Waals surface area contributed by atoms with Crippen molar-refractivity contribution < 1.29 is 4.74 Å². The Labute approximate surface area is 118 Å². The van der Waals surface area contributed by atoms with Crippen LogP contribution in [0.3, 0.4) is 0 Å². The summed E-state index contributed by atoms with van der Waals surface area (Å²) in [4.78, 5) is 0. The van der Waals surface area contributed by atoms with Gasteiger partial charge in [0.1, 0.15) is 5.75 Å². The Hall–Kier alpha value is -1.25. The number of methoxy groups -OCH3 is 1. The minimum Gasteiger partial charge on any atom is -0.496 e. The SMILES string of the molecule is COc1cc2ccc(Cl)cc2cc1C1CCNCC1. The van der Waals surface area contributed by atoms with Gasteiger partial charge in [0, 0.05) is 5.02 Å². The van der Waals surface area contributed by atoms with Gasteiger partial charge in [-0.05, 0) is 72.5 Å². The second-order valence-electron chi connectivity index (χ2n) is 5.11. The summed E-state index contributed by atoms with van der Waals surface area (Å²) in [7, 11) is 1.75. The largest absolute Gasteiger partial charge is 0.496 e. The third kappa shape index (κ3) is 2.56. The number of piperidine rings is 1. The fraction of sp³-hybridized carbons (Fsp3) is 0.375. The minimum absolute atomic E-state index is 0.583. The summed E-state index contributed by atoms with van der Waals surface area (Å²) in [6.07, 6.45) is 2.34. The van der Waals surface area contributed by atoms with Crippen molar-refractivity contribution in [2.75, 3.05) is 20.2 Å². The molecule has 1 heterocycles. The zero-order valence-electron chi connectivity index (χ0n) is 11.1. The second-order valence-corrected chi connectivity index (χ2v) is 5.55. The van der Waals surface area contributed by atoms with Gasteiger partial charge in [-0.1, -0.05) is 17.7 Å². The van der Waals surface area contributed by atoms with Gasteiger partial charge in [-0.2, -0.15) is 0 Å². The molecule has 2 nitrogen and oxygen atoms in total. The average molecular weight is 276 g/mol. The summed E-state index contributed by atoms with van der Waals surface area (Å²) in [6.45, 7) is 2.17. The lowest BCUT2D eigenvalue weighted by Gasteiger charge is -2.25. The van der Waals surface area contributed by atoms with Crippen LogP contribution in [0.15, 0.2) is 30.3 Å². The molecule has 0 saturated carbocycles. The number of hydrogen-bond donors (Lipinski definition) is 1. The fourth-order valence-electron chi connectivity index (χ4n) is 2.89.